The van der Waals surface area contributed by atoms with E-state index >= 15 is 0 Å². The van der Waals surface area contributed by atoms with Crippen LogP contribution in [0.3, 0.4) is 0 Å². The van der Waals surface area contributed by atoms with E-state index in [-0.39, 0.29) is 0 Å². The third kappa shape index (κ3) is 4.75. The second kappa shape index (κ2) is 6.79. The molecule has 0 unspecified atom stereocenters. The fraction of sp³-hybridized carbons (Fsp3) is 0.455. The number of pyridine rings is 1. The quantitative estimate of drug-likeness (QED) is 0.602. The van der Waals surface area contributed by atoms with Crippen molar-refractivity contribution >= 4 is 11.8 Å². The van der Waals surface area contributed by atoms with E-state index in [0.717, 1.165) is 25.2 Å². The fourth-order valence-electron chi connectivity index (χ4n) is 1.30. The zero-order chi connectivity index (χ0) is 11.8. The third-order valence-corrected chi connectivity index (χ3v) is 2.23. The number of hydrogen-bond acceptors (Lipinski definition) is 4. The third-order valence-electron chi connectivity index (χ3n) is 2.23. The molecule has 0 bridgehead atoms. The second-order valence-electron chi connectivity index (χ2n) is 3.58. The maximum atomic E-state index is 10.4. The Morgan fingerprint density at radius 3 is 2.94 bits per heavy atom. The van der Waals surface area contributed by atoms with Gasteiger partial charge in [0.1, 0.15) is 11.9 Å². The minimum atomic E-state index is -0.933. The van der Waals surface area contributed by atoms with Crippen molar-refractivity contribution in [3.63, 3.8) is 0 Å². The summed E-state index contributed by atoms with van der Waals surface area (Å²) in [5.74, 6) is -0.0947. The summed E-state index contributed by atoms with van der Waals surface area (Å²) in [5.41, 5.74) is 5.38. The van der Waals surface area contributed by atoms with Crippen molar-refractivity contribution < 1.29 is 9.90 Å². The van der Waals surface area contributed by atoms with Gasteiger partial charge in [0.25, 0.3) is 0 Å². The number of hydrogen-bond donors (Lipinski definition) is 3. The molecule has 0 aliphatic heterocycles. The number of nitrogens with two attached hydrogens (primary N) is 1. The van der Waals surface area contributed by atoms with E-state index in [2.05, 4.69) is 10.3 Å². The summed E-state index contributed by atoms with van der Waals surface area (Å²) >= 11 is 0. The Balaban J connectivity index is 2.07. The molecule has 0 aliphatic carbocycles. The number of rotatable bonds is 7. The molecule has 1 rings (SSSR count). The molecular weight excluding hydrogens is 206 g/mol. The van der Waals surface area contributed by atoms with Crippen LogP contribution >= 0.6 is 0 Å². The zero-order valence-electron chi connectivity index (χ0n) is 9.10. The van der Waals surface area contributed by atoms with Gasteiger partial charge in [-0.05, 0) is 31.4 Å². The van der Waals surface area contributed by atoms with Crippen molar-refractivity contribution in [2.75, 3.05) is 11.9 Å². The van der Waals surface area contributed by atoms with Gasteiger partial charge >= 0.3 is 5.97 Å². The van der Waals surface area contributed by atoms with Crippen LogP contribution in [0.5, 0.6) is 0 Å². The van der Waals surface area contributed by atoms with Gasteiger partial charge in [-0.15, -0.1) is 0 Å². The molecule has 0 spiro atoms. The minimum Gasteiger partial charge on any atom is -0.480 e. The Bertz CT molecular complexity index is 316. The standard InChI is InChI=1S/C11H17N3O2/c12-9(11(15)16)5-1-3-7-13-10-6-2-4-8-14-10/h2,4,6,8-9H,1,3,5,7,12H2,(H,13,14)(H,15,16)/t9-/m0/s1. The maximum Gasteiger partial charge on any atom is 0.320 e. The summed E-state index contributed by atoms with van der Waals surface area (Å²) < 4.78 is 0. The summed E-state index contributed by atoms with van der Waals surface area (Å²) in [4.78, 5) is 14.5. The van der Waals surface area contributed by atoms with Gasteiger partial charge in [-0.1, -0.05) is 6.07 Å². The van der Waals surface area contributed by atoms with Gasteiger partial charge in [0, 0.05) is 12.7 Å². The summed E-state index contributed by atoms with van der Waals surface area (Å²) in [5, 5.41) is 11.7. The lowest BCUT2D eigenvalue weighted by molar-refractivity contribution is -0.138. The van der Waals surface area contributed by atoms with Crippen molar-refractivity contribution in [1.29, 1.82) is 0 Å². The Hall–Kier alpha value is -1.62. The number of carboxylic acid groups (broad SMARTS) is 1. The van der Waals surface area contributed by atoms with E-state index in [0.29, 0.717) is 6.42 Å². The van der Waals surface area contributed by atoms with Gasteiger partial charge in [-0.3, -0.25) is 4.79 Å². The highest BCUT2D eigenvalue weighted by atomic mass is 16.4. The molecule has 0 aromatic carbocycles. The smallest absolute Gasteiger partial charge is 0.320 e. The highest BCUT2D eigenvalue weighted by Gasteiger charge is 2.09. The molecule has 5 nitrogen and oxygen atoms in total. The van der Waals surface area contributed by atoms with Gasteiger partial charge in [0.15, 0.2) is 0 Å². The molecule has 1 atom stereocenters. The van der Waals surface area contributed by atoms with E-state index in [9.17, 15) is 4.79 Å². The van der Waals surface area contributed by atoms with Crippen molar-refractivity contribution in [3.05, 3.63) is 24.4 Å². The normalized spacial score (nSPS) is 12.1. The van der Waals surface area contributed by atoms with Crippen molar-refractivity contribution in [2.24, 2.45) is 5.73 Å². The number of nitrogens with zero attached hydrogens (tertiary/aromatic N) is 1. The van der Waals surface area contributed by atoms with E-state index in [1.54, 1.807) is 6.20 Å². The summed E-state index contributed by atoms with van der Waals surface area (Å²) in [7, 11) is 0. The average molecular weight is 223 g/mol. The van der Waals surface area contributed by atoms with Gasteiger partial charge in [0.2, 0.25) is 0 Å². The molecule has 0 aliphatic rings. The van der Waals surface area contributed by atoms with Crippen molar-refractivity contribution in [2.45, 2.75) is 25.3 Å². The molecular formula is C11H17N3O2. The molecule has 1 aromatic heterocycles. The molecule has 4 N–H and O–H groups in total. The number of carboxylic acids is 1. The predicted molar refractivity (Wildman–Crippen MR) is 62.2 cm³/mol. The van der Waals surface area contributed by atoms with Crippen LogP contribution < -0.4 is 11.1 Å². The minimum absolute atomic E-state index is 0.513. The Morgan fingerprint density at radius 2 is 2.31 bits per heavy atom. The summed E-state index contributed by atoms with van der Waals surface area (Å²) in [6, 6.07) is 4.92. The van der Waals surface area contributed by atoms with Crippen LogP contribution in [0, 0.1) is 0 Å². The van der Waals surface area contributed by atoms with E-state index in [1.165, 1.54) is 0 Å². The zero-order valence-corrected chi connectivity index (χ0v) is 9.10. The lowest BCUT2D eigenvalue weighted by Gasteiger charge is -2.07. The van der Waals surface area contributed by atoms with Crippen LogP contribution in [-0.4, -0.2) is 28.6 Å². The molecule has 0 saturated heterocycles. The Kier molecular flexibility index (Phi) is 5.28. The number of aromatic nitrogens is 1. The van der Waals surface area contributed by atoms with Crippen LogP contribution in [0.15, 0.2) is 24.4 Å². The molecule has 1 heterocycles. The lowest BCUT2D eigenvalue weighted by Crippen LogP contribution is -2.29. The summed E-state index contributed by atoms with van der Waals surface area (Å²) in [6.45, 7) is 0.781. The second-order valence-corrected chi connectivity index (χ2v) is 3.58. The topological polar surface area (TPSA) is 88.2 Å². The van der Waals surface area contributed by atoms with E-state index in [4.69, 9.17) is 10.8 Å². The van der Waals surface area contributed by atoms with Crippen LogP contribution in [0.1, 0.15) is 19.3 Å². The van der Waals surface area contributed by atoms with Gasteiger partial charge in [-0.2, -0.15) is 0 Å². The number of unbranched alkanes of at least 4 members (excludes halogenated alkanes) is 1. The van der Waals surface area contributed by atoms with E-state index in [1.807, 2.05) is 18.2 Å². The first kappa shape index (κ1) is 12.4. The Labute approximate surface area is 94.7 Å². The molecule has 5 heteroatoms. The van der Waals surface area contributed by atoms with Crippen LogP contribution in [0.2, 0.25) is 0 Å². The predicted octanol–water partition coefficient (Wildman–Crippen LogP) is 1.08. The van der Waals surface area contributed by atoms with Gasteiger partial charge in [-0.25, -0.2) is 4.98 Å². The molecule has 88 valence electrons. The molecule has 0 fully saturated rings. The van der Waals surface area contributed by atoms with Gasteiger partial charge < -0.3 is 16.2 Å². The maximum absolute atomic E-state index is 10.4. The highest BCUT2D eigenvalue weighted by Crippen LogP contribution is 2.03. The van der Waals surface area contributed by atoms with Crippen LogP contribution in [0.4, 0.5) is 5.82 Å². The van der Waals surface area contributed by atoms with E-state index < -0.39 is 12.0 Å². The molecule has 0 saturated carbocycles. The largest absolute Gasteiger partial charge is 0.480 e. The van der Waals surface area contributed by atoms with Crippen LogP contribution in [-0.2, 0) is 4.79 Å². The first-order valence-corrected chi connectivity index (χ1v) is 5.33. The van der Waals surface area contributed by atoms with Crippen molar-refractivity contribution in [1.82, 2.24) is 4.98 Å². The number of carbonyl (C=O) groups is 1. The Morgan fingerprint density at radius 1 is 1.50 bits per heavy atom. The average Bonchev–Trinajstić information content (AvgIpc) is 2.29. The number of anilines is 1. The number of aliphatic carboxylic acids is 1. The molecule has 0 radical (unpaired) electrons. The van der Waals surface area contributed by atoms with Crippen LogP contribution in [0.25, 0.3) is 0 Å². The molecule has 1 aromatic rings. The SMILES string of the molecule is N[C@@H](CCCCNc1ccccn1)C(=O)O. The van der Waals surface area contributed by atoms with Gasteiger partial charge in [0.05, 0.1) is 0 Å². The first-order chi connectivity index (χ1) is 7.70. The first-order valence-electron chi connectivity index (χ1n) is 5.33. The van der Waals surface area contributed by atoms with Crippen molar-refractivity contribution in [3.8, 4) is 0 Å². The summed E-state index contributed by atoms with van der Waals surface area (Å²) in [6.07, 6.45) is 3.92. The molecule has 0 amide bonds. The highest BCUT2D eigenvalue weighted by molar-refractivity contribution is 5.72. The number of nitrogens with one attached hydrogen (secondary N) is 1. The fourth-order valence-corrected chi connectivity index (χ4v) is 1.30. The lowest BCUT2D eigenvalue weighted by atomic mass is 10.1. The molecule has 16 heavy (non-hydrogen) atoms. The monoisotopic (exact) mass is 223 g/mol.